The van der Waals surface area contributed by atoms with Gasteiger partial charge in [-0.1, -0.05) is 48.5 Å². The smallest absolute Gasteiger partial charge is 0.326 e. The van der Waals surface area contributed by atoms with Crippen LogP contribution in [0.4, 0.5) is 10.5 Å². The Morgan fingerprint density at radius 1 is 0.971 bits per heavy atom. The maximum absolute atomic E-state index is 13.4. The summed E-state index contributed by atoms with van der Waals surface area (Å²) in [5.41, 5.74) is 2.02. The quantitative estimate of drug-likeness (QED) is 0.573. The van der Waals surface area contributed by atoms with Crippen molar-refractivity contribution in [1.82, 2.24) is 15.1 Å². The van der Waals surface area contributed by atoms with Gasteiger partial charge in [0, 0.05) is 25.3 Å². The fraction of sp³-hybridized carbons (Fsp3) is 0.333. The number of nitrogens with zero attached hydrogens (tertiary/aromatic N) is 3. The van der Waals surface area contributed by atoms with Crippen LogP contribution in [0.5, 0.6) is 0 Å². The molecular formula is C27H30N4O3. The molecule has 2 fully saturated rings. The van der Waals surface area contributed by atoms with Gasteiger partial charge in [-0.05, 0) is 54.1 Å². The van der Waals surface area contributed by atoms with Crippen molar-refractivity contribution >= 4 is 28.4 Å². The van der Waals surface area contributed by atoms with Gasteiger partial charge in [-0.25, -0.2) is 9.69 Å². The molecule has 0 saturated carbocycles. The zero-order chi connectivity index (χ0) is 23.7. The Morgan fingerprint density at radius 2 is 1.68 bits per heavy atom. The van der Waals surface area contributed by atoms with Crippen molar-refractivity contribution < 1.29 is 14.3 Å². The number of nitrogens with one attached hydrogen (secondary N) is 1. The van der Waals surface area contributed by atoms with Crippen molar-refractivity contribution in [2.45, 2.75) is 19.0 Å². The highest BCUT2D eigenvalue weighted by molar-refractivity contribution is 6.07. The van der Waals surface area contributed by atoms with Gasteiger partial charge in [0.2, 0.25) is 0 Å². The number of hydrogen-bond acceptors (Lipinski definition) is 5. The standard InChI is InChI=1S/C27H30N4O3/c1-27(23-10-9-21-5-3-4-6-22(21)17-23)25(32)31(26(33)28-27)19-29(2)18-20-7-11-24(12-8-20)30-13-15-34-16-14-30/h3-12,17H,13-16,18-19H2,1-2H3,(H,28,33). The molecule has 1 atom stereocenters. The Kier molecular flexibility index (Phi) is 5.98. The van der Waals surface area contributed by atoms with Crippen LogP contribution in [-0.2, 0) is 21.6 Å². The number of fused-ring (bicyclic) bond motifs is 1. The van der Waals surface area contributed by atoms with E-state index in [0.717, 1.165) is 48.2 Å². The molecule has 1 N–H and O–H groups in total. The number of anilines is 1. The molecule has 3 aromatic carbocycles. The summed E-state index contributed by atoms with van der Waals surface area (Å²) in [5.74, 6) is -0.234. The maximum atomic E-state index is 13.4. The molecule has 0 aliphatic carbocycles. The lowest BCUT2D eigenvalue weighted by molar-refractivity contribution is -0.132. The third kappa shape index (κ3) is 4.24. The van der Waals surface area contributed by atoms with Crippen molar-refractivity contribution in [2.24, 2.45) is 0 Å². The first-order chi connectivity index (χ1) is 16.4. The third-order valence-corrected chi connectivity index (χ3v) is 6.75. The van der Waals surface area contributed by atoms with E-state index >= 15 is 0 Å². The molecule has 0 radical (unpaired) electrons. The van der Waals surface area contributed by atoms with Gasteiger partial charge in [0.1, 0.15) is 5.54 Å². The van der Waals surface area contributed by atoms with Crippen molar-refractivity contribution in [2.75, 3.05) is 44.9 Å². The first-order valence-electron chi connectivity index (χ1n) is 11.7. The van der Waals surface area contributed by atoms with Gasteiger partial charge in [0.05, 0.1) is 19.9 Å². The Morgan fingerprint density at radius 3 is 2.41 bits per heavy atom. The summed E-state index contributed by atoms with van der Waals surface area (Å²) in [7, 11) is 1.92. The number of imide groups is 1. The molecular weight excluding hydrogens is 428 g/mol. The lowest BCUT2D eigenvalue weighted by Crippen LogP contribution is -2.42. The van der Waals surface area contributed by atoms with E-state index in [2.05, 4.69) is 34.5 Å². The summed E-state index contributed by atoms with van der Waals surface area (Å²) in [6.07, 6.45) is 0. The third-order valence-electron chi connectivity index (χ3n) is 6.75. The number of amides is 3. The van der Waals surface area contributed by atoms with Crippen molar-refractivity contribution in [3.8, 4) is 0 Å². The minimum absolute atomic E-state index is 0.221. The number of benzene rings is 3. The first-order valence-corrected chi connectivity index (χ1v) is 11.7. The second-order valence-corrected chi connectivity index (χ2v) is 9.27. The number of hydrogen-bond donors (Lipinski definition) is 1. The van der Waals surface area contributed by atoms with E-state index in [1.807, 2.05) is 54.4 Å². The highest BCUT2D eigenvalue weighted by Crippen LogP contribution is 2.31. The zero-order valence-corrected chi connectivity index (χ0v) is 19.7. The Labute approximate surface area is 199 Å². The van der Waals surface area contributed by atoms with Crippen LogP contribution in [0, 0.1) is 0 Å². The SMILES string of the molecule is CN(Cc1ccc(N2CCOCC2)cc1)CN1C(=O)NC(C)(c2ccc3ccccc3c2)C1=O. The van der Waals surface area contributed by atoms with Gasteiger partial charge >= 0.3 is 6.03 Å². The van der Waals surface area contributed by atoms with Crippen LogP contribution in [0.2, 0.25) is 0 Å². The molecule has 2 heterocycles. The average Bonchev–Trinajstić information content (AvgIpc) is 3.08. The summed E-state index contributed by atoms with van der Waals surface area (Å²) in [6.45, 7) is 5.96. The highest BCUT2D eigenvalue weighted by atomic mass is 16.5. The van der Waals surface area contributed by atoms with Gasteiger partial charge in [-0.15, -0.1) is 0 Å². The highest BCUT2D eigenvalue weighted by Gasteiger charge is 2.49. The molecule has 2 aliphatic heterocycles. The van der Waals surface area contributed by atoms with Crippen LogP contribution in [0.25, 0.3) is 10.8 Å². The van der Waals surface area contributed by atoms with E-state index in [4.69, 9.17) is 4.74 Å². The van der Waals surface area contributed by atoms with Crippen molar-refractivity contribution in [3.05, 3.63) is 77.9 Å². The summed E-state index contributed by atoms with van der Waals surface area (Å²) < 4.78 is 5.43. The topological polar surface area (TPSA) is 65.1 Å². The van der Waals surface area contributed by atoms with Gasteiger partial charge in [-0.3, -0.25) is 9.69 Å². The fourth-order valence-electron chi connectivity index (χ4n) is 4.76. The molecule has 3 amide bonds. The predicted octanol–water partition coefficient (Wildman–Crippen LogP) is 3.53. The molecule has 0 aromatic heterocycles. The van der Waals surface area contributed by atoms with Crippen LogP contribution in [-0.4, -0.2) is 61.8 Å². The number of morpholine rings is 1. The summed E-state index contributed by atoms with van der Waals surface area (Å²) >= 11 is 0. The number of carbonyl (C=O) groups excluding carboxylic acids is 2. The zero-order valence-electron chi connectivity index (χ0n) is 19.7. The molecule has 5 rings (SSSR count). The van der Waals surface area contributed by atoms with Crippen LogP contribution < -0.4 is 10.2 Å². The molecule has 2 aliphatic rings. The predicted molar refractivity (Wildman–Crippen MR) is 132 cm³/mol. The monoisotopic (exact) mass is 458 g/mol. The van der Waals surface area contributed by atoms with Crippen molar-refractivity contribution in [3.63, 3.8) is 0 Å². The normalized spacial score (nSPS) is 20.9. The van der Waals surface area contributed by atoms with Gasteiger partial charge in [0.15, 0.2) is 0 Å². The molecule has 176 valence electrons. The Bertz CT molecular complexity index is 1210. The number of rotatable bonds is 6. The fourth-order valence-corrected chi connectivity index (χ4v) is 4.76. The van der Waals surface area contributed by atoms with Crippen LogP contribution >= 0.6 is 0 Å². The summed E-state index contributed by atoms with van der Waals surface area (Å²) in [6, 6.07) is 22.0. The second kappa shape index (κ2) is 9.08. The molecule has 0 spiro atoms. The van der Waals surface area contributed by atoms with Crippen LogP contribution in [0.3, 0.4) is 0 Å². The van der Waals surface area contributed by atoms with E-state index in [9.17, 15) is 9.59 Å². The molecule has 0 bridgehead atoms. The van der Waals surface area contributed by atoms with E-state index in [0.29, 0.717) is 6.54 Å². The van der Waals surface area contributed by atoms with E-state index < -0.39 is 5.54 Å². The maximum Gasteiger partial charge on any atom is 0.326 e. The molecule has 7 nitrogen and oxygen atoms in total. The van der Waals surface area contributed by atoms with E-state index in [-0.39, 0.29) is 18.6 Å². The minimum Gasteiger partial charge on any atom is -0.378 e. The molecule has 2 saturated heterocycles. The Hall–Kier alpha value is -3.42. The number of urea groups is 1. The Balaban J connectivity index is 1.26. The number of ether oxygens (including phenoxy) is 1. The van der Waals surface area contributed by atoms with E-state index in [1.54, 1.807) is 6.92 Å². The van der Waals surface area contributed by atoms with Crippen LogP contribution in [0.15, 0.2) is 66.7 Å². The summed E-state index contributed by atoms with van der Waals surface area (Å²) in [5, 5.41) is 5.06. The van der Waals surface area contributed by atoms with Crippen LogP contribution in [0.1, 0.15) is 18.1 Å². The lowest BCUT2D eigenvalue weighted by Gasteiger charge is -2.29. The number of carbonyl (C=O) groups is 2. The molecule has 7 heteroatoms. The van der Waals surface area contributed by atoms with E-state index in [1.165, 1.54) is 10.6 Å². The second-order valence-electron chi connectivity index (χ2n) is 9.27. The van der Waals surface area contributed by atoms with Crippen molar-refractivity contribution in [1.29, 1.82) is 0 Å². The van der Waals surface area contributed by atoms with Gasteiger partial charge < -0.3 is 15.0 Å². The summed E-state index contributed by atoms with van der Waals surface area (Å²) in [4.78, 5) is 31.8. The molecule has 3 aromatic rings. The van der Waals surface area contributed by atoms with Gasteiger partial charge in [0.25, 0.3) is 5.91 Å². The molecule has 34 heavy (non-hydrogen) atoms. The average molecular weight is 459 g/mol. The lowest BCUT2D eigenvalue weighted by atomic mass is 9.90. The first kappa shape index (κ1) is 22.4. The molecule has 1 unspecified atom stereocenters. The minimum atomic E-state index is -1.08. The largest absolute Gasteiger partial charge is 0.378 e. The van der Waals surface area contributed by atoms with Gasteiger partial charge in [-0.2, -0.15) is 0 Å².